The molecule has 0 aliphatic rings. The molecule has 0 amide bonds. The molecule has 0 unspecified atom stereocenters. The molecule has 0 atom stereocenters. The van der Waals surface area contributed by atoms with Gasteiger partial charge in [0.05, 0.1) is 0 Å². The minimum Gasteiger partial charge on any atom is -0.488 e. The van der Waals surface area contributed by atoms with Crippen molar-refractivity contribution in [3.05, 3.63) is 41.2 Å². The SMILES string of the molecule is O=C(O)c1c(F)cccc1OC/C=C/Cl. The second kappa shape index (κ2) is 5.36. The minimum absolute atomic E-state index is 0.0164. The number of ether oxygens (including phenoxy) is 1. The average molecular weight is 231 g/mol. The molecule has 0 radical (unpaired) electrons. The van der Waals surface area contributed by atoms with E-state index in [0.29, 0.717) is 0 Å². The fourth-order valence-corrected chi connectivity index (χ4v) is 1.08. The van der Waals surface area contributed by atoms with Crippen molar-refractivity contribution in [1.82, 2.24) is 0 Å². The van der Waals surface area contributed by atoms with Gasteiger partial charge in [0.1, 0.15) is 23.7 Å². The van der Waals surface area contributed by atoms with Crippen molar-refractivity contribution in [3.8, 4) is 5.75 Å². The van der Waals surface area contributed by atoms with E-state index in [2.05, 4.69) is 0 Å². The van der Waals surface area contributed by atoms with Crippen molar-refractivity contribution in [2.24, 2.45) is 0 Å². The third-order valence-corrected chi connectivity index (χ3v) is 1.79. The van der Waals surface area contributed by atoms with Crippen LogP contribution in [0.2, 0.25) is 0 Å². The fourth-order valence-electron chi connectivity index (χ4n) is 1.01. The molecule has 0 saturated carbocycles. The van der Waals surface area contributed by atoms with E-state index in [9.17, 15) is 9.18 Å². The van der Waals surface area contributed by atoms with E-state index in [1.54, 1.807) is 0 Å². The van der Waals surface area contributed by atoms with Crippen LogP contribution in [0.3, 0.4) is 0 Å². The van der Waals surface area contributed by atoms with Crippen LogP contribution in [-0.2, 0) is 0 Å². The van der Waals surface area contributed by atoms with E-state index in [-0.39, 0.29) is 12.4 Å². The second-order valence-corrected chi connectivity index (χ2v) is 2.84. The number of aromatic carboxylic acids is 1. The van der Waals surface area contributed by atoms with Gasteiger partial charge < -0.3 is 9.84 Å². The number of carboxylic acid groups (broad SMARTS) is 1. The first-order valence-electron chi connectivity index (χ1n) is 4.06. The van der Waals surface area contributed by atoms with Gasteiger partial charge in [0.2, 0.25) is 0 Å². The Morgan fingerprint density at radius 1 is 1.60 bits per heavy atom. The minimum atomic E-state index is -1.36. The Morgan fingerprint density at radius 3 is 2.93 bits per heavy atom. The summed E-state index contributed by atoms with van der Waals surface area (Å²) in [6.45, 7) is 0.0905. The standard InChI is InChI=1S/C10H8ClFO3/c11-5-2-6-15-8-4-1-3-7(12)9(8)10(13)14/h1-5H,6H2,(H,13,14)/b5-2+. The van der Waals surface area contributed by atoms with E-state index >= 15 is 0 Å². The molecule has 1 N–H and O–H groups in total. The van der Waals surface area contributed by atoms with Crippen LogP contribution in [0.5, 0.6) is 5.75 Å². The zero-order valence-electron chi connectivity index (χ0n) is 7.61. The topological polar surface area (TPSA) is 46.5 Å². The monoisotopic (exact) mass is 230 g/mol. The highest BCUT2D eigenvalue weighted by molar-refractivity contribution is 6.25. The molecule has 1 aromatic carbocycles. The van der Waals surface area contributed by atoms with Gasteiger partial charge in [-0.05, 0) is 18.2 Å². The quantitative estimate of drug-likeness (QED) is 0.865. The summed E-state index contributed by atoms with van der Waals surface area (Å²) >= 11 is 5.25. The third kappa shape index (κ3) is 2.95. The fraction of sp³-hybridized carbons (Fsp3) is 0.100. The molecule has 3 nitrogen and oxygen atoms in total. The van der Waals surface area contributed by atoms with Crippen molar-refractivity contribution in [2.75, 3.05) is 6.61 Å². The number of carbonyl (C=O) groups is 1. The van der Waals surface area contributed by atoms with Crippen molar-refractivity contribution < 1.29 is 19.0 Å². The molecule has 5 heteroatoms. The number of carboxylic acids is 1. The van der Waals surface area contributed by atoms with E-state index in [4.69, 9.17) is 21.4 Å². The smallest absolute Gasteiger partial charge is 0.342 e. The maximum Gasteiger partial charge on any atom is 0.342 e. The first-order chi connectivity index (χ1) is 7.16. The second-order valence-electron chi connectivity index (χ2n) is 2.59. The molecular formula is C10H8ClFO3. The lowest BCUT2D eigenvalue weighted by atomic mass is 10.2. The van der Waals surface area contributed by atoms with Crippen molar-refractivity contribution in [1.29, 1.82) is 0 Å². The first-order valence-corrected chi connectivity index (χ1v) is 4.50. The van der Waals surface area contributed by atoms with Crippen LogP contribution in [0.25, 0.3) is 0 Å². The Morgan fingerprint density at radius 2 is 2.33 bits per heavy atom. The van der Waals surface area contributed by atoms with Crippen LogP contribution >= 0.6 is 11.6 Å². The Balaban J connectivity index is 2.95. The highest BCUT2D eigenvalue weighted by atomic mass is 35.5. The van der Waals surface area contributed by atoms with Gasteiger partial charge in [-0.1, -0.05) is 17.7 Å². The van der Waals surface area contributed by atoms with Gasteiger partial charge in [0.15, 0.2) is 0 Å². The zero-order chi connectivity index (χ0) is 11.3. The summed E-state index contributed by atoms with van der Waals surface area (Å²) in [6, 6.07) is 3.82. The first kappa shape index (κ1) is 11.5. The lowest BCUT2D eigenvalue weighted by Crippen LogP contribution is -2.05. The number of hydrogen-bond acceptors (Lipinski definition) is 2. The number of halogens is 2. The van der Waals surface area contributed by atoms with Gasteiger partial charge in [0, 0.05) is 5.54 Å². The zero-order valence-corrected chi connectivity index (χ0v) is 8.37. The molecule has 0 aliphatic heterocycles. The van der Waals surface area contributed by atoms with Crippen molar-refractivity contribution in [3.63, 3.8) is 0 Å². The molecule has 15 heavy (non-hydrogen) atoms. The van der Waals surface area contributed by atoms with Crippen LogP contribution in [0, 0.1) is 5.82 Å². The molecule has 0 fully saturated rings. The average Bonchev–Trinajstić information content (AvgIpc) is 2.17. The summed E-state index contributed by atoms with van der Waals surface area (Å²) in [5, 5.41) is 8.74. The summed E-state index contributed by atoms with van der Waals surface area (Å²) < 4.78 is 18.1. The molecule has 80 valence electrons. The van der Waals surface area contributed by atoms with Gasteiger partial charge in [-0.25, -0.2) is 9.18 Å². The molecule has 0 aromatic heterocycles. The van der Waals surface area contributed by atoms with Gasteiger partial charge in [0.25, 0.3) is 0 Å². The van der Waals surface area contributed by atoms with E-state index in [0.717, 1.165) is 6.07 Å². The molecule has 1 aromatic rings. The predicted molar refractivity (Wildman–Crippen MR) is 53.8 cm³/mol. The number of rotatable bonds is 4. The summed E-state index contributed by atoms with van der Waals surface area (Å²) in [5.41, 5.74) is 0.764. The molecule has 0 aliphatic carbocycles. The Hall–Kier alpha value is -1.55. The largest absolute Gasteiger partial charge is 0.488 e. The van der Waals surface area contributed by atoms with Crippen LogP contribution in [0.15, 0.2) is 29.8 Å². The number of benzene rings is 1. The number of hydrogen-bond donors (Lipinski definition) is 1. The Bertz CT molecular complexity index is 390. The lowest BCUT2D eigenvalue weighted by molar-refractivity contribution is 0.0687. The van der Waals surface area contributed by atoms with E-state index in [1.807, 2.05) is 0 Å². The lowest BCUT2D eigenvalue weighted by Gasteiger charge is -2.07. The van der Waals surface area contributed by atoms with Crippen molar-refractivity contribution >= 4 is 17.6 Å². The summed E-state index contributed by atoms with van der Waals surface area (Å²) in [6.07, 6.45) is 1.47. The van der Waals surface area contributed by atoms with Crippen molar-refractivity contribution in [2.45, 2.75) is 0 Å². The normalized spacial score (nSPS) is 10.5. The third-order valence-electron chi connectivity index (χ3n) is 1.61. The van der Waals surface area contributed by atoms with Crippen LogP contribution in [-0.4, -0.2) is 17.7 Å². The van der Waals surface area contributed by atoms with E-state index < -0.39 is 17.3 Å². The van der Waals surface area contributed by atoms with Crippen LogP contribution in [0.1, 0.15) is 10.4 Å². The molecule has 1 rings (SSSR count). The predicted octanol–water partition coefficient (Wildman–Crippen LogP) is 2.66. The summed E-state index contributed by atoms with van der Waals surface area (Å²) in [4.78, 5) is 10.7. The molecule has 0 bridgehead atoms. The highest BCUT2D eigenvalue weighted by Gasteiger charge is 2.16. The maximum absolute atomic E-state index is 13.1. The van der Waals surface area contributed by atoms with Gasteiger partial charge in [-0.15, -0.1) is 0 Å². The molecule has 0 heterocycles. The molecule has 0 saturated heterocycles. The molecule has 0 spiro atoms. The molecular weight excluding hydrogens is 223 g/mol. The summed E-state index contributed by atoms with van der Waals surface area (Å²) in [5.74, 6) is -2.20. The highest BCUT2D eigenvalue weighted by Crippen LogP contribution is 2.21. The Kier molecular flexibility index (Phi) is 4.12. The summed E-state index contributed by atoms with van der Waals surface area (Å²) in [7, 11) is 0. The van der Waals surface area contributed by atoms with Gasteiger partial charge >= 0.3 is 5.97 Å². The Labute approximate surface area is 90.7 Å². The van der Waals surface area contributed by atoms with E-state index in [1.165, 1.54) is 23.7 Å². The van der Waals surface area contributed by atoms with Crippen LogP contribution in [0.4, 0.5) is 4.39 Å². The van der Waals surface area contributed by atoms with Gasteiger partial charge in [-0.3, -0.25) is 0 Å². The maximum atomic E-state index is 13.1. The van der Waals surface area contributed by atoms with Gasteiger partial charge in [-0.2, -0.15) is 0 Å². The van der Waals surface area contributed by atoms with Crippen LogP contribution < -0.4 is 4.74 Å².